The molecule has 1 N–H and O–H groups in total. The lowest BCUT2D eigenvalue weighted by Crippen LogP contribution is -2.47. The lowest BCUT2D eigenvalue weighted by Gasteiger charge is -2.27. The number of carbonyl (C=O) groups excluding carboxylic acids is 2. The van der Waals surface area contributed by atoms with Crippen molar-refractivity contribution in [3.05, 3.63) is 65.0 Å². The summed E-state index contributed by atoms with van der Waals surface area (Å²) in [6, 6.07) is 7.44. The highest BCUT2D eigenvalue weighted by molar-refractivity contribution is 7.90. The molecule has 0 aromatic heterocycles. The Morgan fingerprint density at radius 1 is 1.11 bits per heavy atom. The second-order valence-corrected chi connectivity index (χ2v) is 11.4. The van der Waals surface area contributed by atoms with Crippen LogP contribution in [0.2, 0.25) is 0 Å². The van der Waals surface area contributed by atoms with Gasteiger partial charge in [0.05, 0.1) is 10.9 Å². The summed E-state index contributed by atoms with van der Waals surface area (Å²) in [7, 11) is -3.51. The smallest absolute Gasteiger partial charge is 0.270 e. The predicted octanol–water partition coefficient (Wildman–Crippen LogP) is 4.21. The number of alkyl halides is 2. The third-order valence-corrected chi connectivity index (χ3v) is 7.67. The molecule has 1 saturated carbocycles. The summed E-state index contributed by atoms with van der Waals surface area (Å²) in [5.74, 6) is -4.92. The van der Waals surface area contributed by atoms with Gasteiger partial charge in [0.15, 0.2) is 9.84 Å². The summed E-state index contributed by atoms with van der Waals surface area (Å²) in [6.07, 6.45) is 3.57. The van der Waals surface area contributed by atoms with Crippen molar-refractivity contribution in [3.8, 4) is 0 Å². The van der Waals surface area contributed by atoms with Crippen molar-refractivity contribution < 1.29 is 31.2 Å². The molecular formula is C25H27F3N2O4S. The van der Waals surface area contributed by atoms with E-state index in [1.54, 1.807) is 0 Å². The van der Waals surface area contributed by atoms with E-state index < -0.39 is 51.0 Å². The number of rotatable bonds is 7. The van der Waals surface area contributed by atoms with E-state index in [-0.39, 0.29) is 21.9 Å². The summed E-state index contributed by atoms with van der Waals surface area (Å²) in [4.78, 5) is 27.8. The van der Waals surface area contributed by atoms with Gasteiger partial charge in [-0.1, -0.05) is 18.2 Å². The molecule has 188 valence electrons. The summed E-state index contributed by atoms with van der Waals surface area (Å²) < 4.78 is 65.7. The first kappa shape index (κ1) is 25.2. The Hall–Kier alpha value is -2.88. The monoisotopic (exact) mass is 508 g/mol. The van der Waals surface area contributed by atoms with E-state index in [1.165, 1.54) is 41.3 Å². The number of hydrogen-bond donors (Lipinski definition) is 1. The first-order chi connectivity index (χ1) is 16.4. The van der Waals surface area contributed by atoms with Gasteiger partial charge in [0.25, 0.3) is 11.8 Å². The van der Waals surface area contributed by atoms with Crippen LogP contribution in [0.25, 0.3) is 0 Å². The molecule has 0 spiro atoms. The number of hydrogen-bond acceptors (Lipinski definition) is 4. The van der Waals surface area contributed by atoms with E-state index in [0.717, 1.165) is 25.2 Å². The lowest BCUT2D eigenvalue weighted by atomic mass is 9.98. The Balaban J connectivity index is 1.54. The van der Waals surface area contributed by atoms with E-state index in [4.69, 9.17) is 0 Å². The Kier molecular flexibility index (Phi) is 6.70. The minimum atomic E-state index is -3.51. The molecule has 6 nitrogen and oxygen atoms in total. The maximum Gasteiger partial charge on any atom is 0.270 e. The molecule has 2 aromatic rings. The fourth-order valence-electron chi connectivity index (χ4n) is 4.49. The quantitative estimate of drug-likeness (QED) is 0.607. The Bertz CT molecular complexity index is 1260. The Morgan fingerprint density at radius 3 is 2.43 bits per heavy atom. The average molecular weight is 509 g/mol. The number of carbonyl (C=O) groups is 2. The number of benzene rings is 2. The molecule has 1 heterocycles. The van der Waals surface area contributed by atoms with Crippen LogP contribution >= 0.6 is 0 Å². The van der Waals surface area contributed by atoms with Crippen LogP contribution in [0.4, 0.5) is 13.2 Å². The first-order valence-electron chi connectivity index (χ1n) is 11.5. The van der Waals surface area contributed by atoms with Gasteiger partial charge in [0.2, 0.25) is 5.91 Å². The fraction of sp³-hybridized carbons (Fsp3) is 0.440. The standard InChI is InChI=1S/C25H27F3N2O4S/c1-25(27,28)17-10-11-19(20(26)14-17)22(15-8-9-15)29-23(31)21-7-4-12-30(21)24(32)16-5-3-6-18(13-16)35(2,33)34/h3,5-6,10-11,13-15,21-22H,4,7-9,12H2,1-2H3,(H,29,31)/t21-,22-/m1/s1. The minimum Gasteiger partial charge on any atom is -0.347 e. The van der Waals surface area contributed by atoms with Gasteiger partial charge in [-0.05, 0) is 55.9 Å². The topological polar surface area (TPSA) is 83.6 Å². The molecule has 4 rings (SSSR count). The number of nitrogens with zero attached hydrogens (tertiary/aromatic N) is 1. The summed E-state index contributed by atoms with van der Waals surface area (Å²) >= 11 is 0. The maximum absolute atomic E-state index is 14.8. The van der Waals surface area contributed by atoms with Gasteiger partial charge in [-0.3, -0.25) is 9.59 Å². The van der Waals surface area contributed by atoms with Gasteiger partial charge >= 0.3 is 0 Å². The minimum absolute atomic E-state index is 0.00826. The molecule has 0 unspecified atom stereocenters. The molecule has 2 atom stereocenters. The second kappa shape index (κ2) is 9.29. The zero-order valence-corrected chi connectivity index (χ0v) is 20.2. The third-order valence-electron chi connectivity index (χ3n) is 6.56. The van der Waals surface area contributed by atoms with Crippen LogP contribution < -0.4 is 5.32 Å². The van der Waals surface area contributed by atoms with Crippen molar-refractivity contribution in [2.24, 2.45) is 5.92 Å². The maximum atomic E-state index is 14.8. The summed E-state index contributed by atoms with van der Waals surface area (Å²) in [5, 5.41) is 2.85. The Labute approximate surface area is 202 Å². The zero-order chi connectivity index (χ0) is 25.5. The highest BCUT2D eigenvalue weighted by atomic mass is 32.2. The number of nitrogens with one attached hydrogen (secondary N) is 1. The molecule has 35 heavy (non-hydrogen) atoms. The number of halogens is 3. The van der Waals surface area contributed by atoms with Gasteiger partial charge in [-0.2, -0.15) is 0 Å². The van der Waals surface area contributed by atoms with Gasteiger partial charge in [-0.15, -0.1) is 0 Å². The first-order valence-corrected chi connectivity index (χ1v) is 13.3. The van der Waals surface area contributed by atoms with Crippen molar-refractivity contribution >= 4 is 21.7 Å². The van der Waals surface area contributed by atoms with E-state index >= 15 is 0 Å². The van der Waals surface area contributed by atoms with E-state index in [1.807, 2.05) is 0 Å². The van der Waals surface area contributed by atoms with Gasteiger partial charge < -0.3 is 10.2 Å². The SMILES string of the molecule is CC(F)(F)c1ccc([C@H](NC(=O)[C@H]2CCCN2C(=O)c2cccc(S(C)(=O)=O)c2)C2CC2)c(F)c1. The van der Waals surface area contributed by atoms with E-state index in [0.29, 0.717) is 26.3 Å². The molecule has 2 amide bonds. The molecular weight excluding hydrogens is 481 g/mol. The van der Waals surface area contributed by atoms with Gasteiger partial charge in [0.1, 0.15) is 11.9 Å². The summed E-state index contributed by atoms with van der Waals surface area (Å²) in [5.41, 5.74) is -0.136. The summed E-state index contributed by atoms with van der Waals surface area (Å²) in [6.45, 7) is 1.02. The van der Waals surface area contributed by atoms with Gasteiger partial charge in [-0.25, -0.2) is 21.6 Å². The van der Waals surface area contributed by atoms with Crippen LogP contribution in [-0.4, -0.2) is 44.0 Å². The van der Waals surface area contributed by atoms with Crippen LogP contribution in [0.5, 0.6) is 0 Å². The number of amides is 2. The fourth-order valence-corrected chi connectivity index (χ4v) is 5.16. The largest absolute Gasteiger partial charge is 0.347 e. The van der Waals surface area contributed by atoms with Crippen LogP contribution in [-0.2, 0) is 20.6 Å². The lowest BCUT2D eigenvalue weighted by molar-refractivity contribution is -0.125. The average Bonchev–Trinajstić information content (AvgIpc) is 3.51. The van der Waals surface area contributed by atoms with Crippen LogP contribution in [0.15, 0.2) is 47.4 Å². The molecule has 0 radical (unpaired) electrons. The van der Waals surface area contributed by atoms with Crippen molar-refractivity contribution in [1.82, 2.24) is 10.2 Å². The van der Waals surface area contributed by atoms with E-state index in [2.05, 4.69) is 5.32 Å². The molecule has 2 fully saturated rings. The van der Waals surface area contributed by atoms with Crippen LogP contribution in [0, 0.1) is 11.7 Å². The van der Waals surface area contributed by atoms with Crippen molar-refractivity contribution in [3.63, 3.8) is 0 Å². The number of likely N-dealkylation sites (tertiary alicyclic amines) is 1. The van der Waals surface area contributed by atoms with E-state index in [9.17, 15) is 31.2 Å². The molecule has 10 heteroatoms. The van der Waals surface area contributed by atoms with Crippen molar-refractivity contribution in [2.45, 2.75) is 55.5 Å². The molecule has 0 bridgehead atoms. The van der Waals surface area contributed by atoms with Crippen LogP contribution in [0.1, 0.15) is 60.1 Å². The zero-order valence-electron chi connectivity index (χ0n) is 19.4. The van der Waals surface area contributed by atoms with Gasteiger partial charge in [0, 0.05) is 36.4 Å². The third kappa shape index (κ3) is 5.52. The molecule has 2 aromatic carbocycles. The molecule has 1 saturated heterocycles. The highest BCUT2D eigenvalue weighted by Gasteiger charge is 2.40. The molecule has 2 aliphatic rings. The van der Waals surface area contributed by atoms with Crippen molar-refractivity contribution in [1.29, 1.82) is 0 Å². The Morgan fingerprint density at radius 2 is 1.83 bits per heavy atom. The molecule has 1 aliphatic carbocycles. The predicted molar refractivity (Wildman–Crippen MR) is 123 cm³/mol. The van der Waals surface area contributed by atoms with Crippen LogP contribution in [0.3, 0.4) is 0 Å². The van der Waals surface area contributed by atoms with Crippen molar-refractivity contribution in [2.75, 3.05) is 12.8 Å². The number of sulfone groups is 1. The highest BCUT2D eigenvalue weighted by Crippen LogP contribution is 2.42. The normalized spacial score (nSPS) is 19.5. The molecule has 1 aliphatic heterocycles. The second-order valence-electron chi connectivity index (χ2n) is 9.40.